The summed E-state index contributed by atoms with van der Waals surface area (Å²) in [6.07, 6.45) is -4.64. The van der Waals surface area contributed by atoms with Crippen LogP contribution in [0, 0.1) is 0 Å². The lowest BCUT2D eigenvalue weighted by Crippen LogP contribution is -2.37. The molecular formula is C13H18F3NO. The summed E-state index contributed by atoms with van der Waals surface area (Å²) < 4.78 is 40.2. The first-order valence-corrected chi connectivity index (χ1v) is 5.64. The van der Waals surface area contributed by atoms with Crippen LogP contribution in [-0.4, -0.2) is 23.8 Å². The molecule has 0 unspecified atom stereocenters. The van der Waals surface area contributed by atoms with Gasteiger partial charge in [-0.1, -0.05) is 12.1 Å². The minimum atomic E-state index is -4.64. The van der Waals surface area contributed by atoms with E-state index >= 15 is 0 Å². The molecule has 0 spiro atoms. The summed E-state index contributed by atoms with van der Waals surface area (Å²) in [7, 11) is 1.93. The van der Waals surface area contributed by atoms with Crippen molar-refractivity contribution in [3.8, 4) is 5.75 Å². The molecule has 0 N–H and O–H groups in total. The Morgan fingerprint density at radius 1 is 1.17 bits per heavy atom. The average molecular weight is 261 g/mol. The van der Waals surface area contributed by atoms with Crippen molar-refractivity contribution in [3.63, 3.8) is 0 Å². The average Bonchev–Trinajstić information content (AvgIpc) is 2.13. The van der Waals surface area contributed by atoms with Gasteiger partial charge in [0, 0.05) is 12.1 Å². The Morgan fingerprint density at radius 2 is 1.78 bits per heavy atom. The van der Waals surface area contributed by atoms with Crippen molar-refractivity contribution in [2.75, 3.05) is 7.05 Å². The Hall–Kier alpha value is -1.23. The first-order chi connectivity index (χ1) is 8.08. The maximum atomic E-state index is 12.1. The topological polar surface area (TPSA) is 12.5 Å². The van der Waals surface area contributed by atoms with Crippen molar-refractivity contribution in [2.45, 2.75) is 39.2 Å². The second kappa shape index (κ2) is 5.18. The SMILES string of the molecule is CN(Cc1cccc(OC(F)(F)F)c1)C(C)(C)C. The molecule has 0 aromatic heterocycles. The van der Waals surface area contributed by atoms with Crippen LogP contribution in [0.2, 0.25) is 0 Å². The molecule has 0 radical (unpaired) electrons. The number of halogens is 3. The largest absolute Gasteiger partial charge is 0.573 e. The molecule has 0 heterocycles. The summed E-state index contributed by atoms with van der Waals surface area (Å²) in [4.78, 5) is 2.06. The van der Waals surface area contributed by atoms with Gasteiger partial charge in [-0.3, -0.25) is 4.90 Å². The number of hydrogen-bond acceptors (Lipinski definition) is 2. The number of alkyl halides is 3. The quantitative estimate of drug-likeness (QED) is 0.820. The molecular weight excluding hydrogens is 243 g/mol. The summed E-state index contributed by atoms with van der Waals surface area (Å²) in [6.45, 7) is 6.70. The third-order valence-corrected chi connectivity index (χ3v) is 2.70. The smallest absolute Gasteiger partial charge is 0.406 e. The summed E-state index contributed by atoms with van der Waals surface area (Å²) in [5.41, 5.74) is 0.745. The van der Waals surface area contributed by atoms with Gasteiger partial charge in [-0.15, -0.1) is 13.2 Å². The van der Waals surface area contributed by atoms with Crippen LogP contribution in [0.3, 0.4) is 0 Å². The lowest BCUT2D eigenvalue weighted by Gasteiger charge is -2.32. The lowest BCUT2D eigenvalue weighted by atomic mass is 10.1. The van der Waals surface area contributed by atoms with Crippen LogP contribution >= 0.6 is 0 Å². The highest BCUT2D eigenvalue weighted by Crippen LogP contribution is 2.24. The van der Waals surface area contributed by atoms with Crippen LogP contribution in [0.4, 0.5) is 13.2 Å². The van der Waals surface area contributed by atoms with Crippen LogP contribution in [0.1, 0.15) is 26.3 Å². The highest BCUT2D eigenvalue weighted by atomic mass is 19.4. The normalized spacial score (nSPS) is 12.9. The Balaban J connectivity index is 2.77. The number of benzene rings is 1. The molecule has 5 heteroatoms. The monoisotopic (exact) mass is 261 g/mol. The highest BCUT2D eigenvalue weighted by Gasteiger charge is 2.31. The van der Waals surface area contributed by atoms with Gasteiger partial charge in [0.15, 0.2) is 0 Å². The molecule has 0 fully saturated rings. The van der Waals surface area contributed by atoms with Gasteiger partial charge < -0.3 is 4.74 Å². The van der Waals surface area contributed by atoms with E-state index in [0.717, 1.165) is 5.56 Å². The molecule has 102 valence electrons. The molecule has 0 saturated carbocycles. The molecule has 0 atom stereocenters. The molecule has 0 bridgehead atoms. The van der Waals surface area contributed by atoms with Crippen molar-refractivity contribution in [2.24, 2.45) is 0 Å². The van der Waals surface area contributed by atoms with E-state index in [4.69, 9.17) is 0 Å². The van der Waals surface area contributed by atoms with Gasteiger partial charge in [0.2, 0.25) is 0 Å². The van der Waals surface area contributed by atoms with E-state index < -0.39 is 6.36 Å². The van der Waals surface area contributed by atoms with Crippen molar-refractivity contribution < 1.29 is 17.9 Å². The van der Waals surface area contributed by atoms with Crippen molar-refractivity contribution in [3.05, 3.63) is 29.8 Å². The summed E-state index contributed by atoms with van der Waals surface area (Å²) in [5, 5.41) is 0. The predicted molar refractivity (Wildman–Crippen MR) is 64.3 cm³/mol. The third-order valence-electron chi connectivity index (χ3n) is 2.70. The molecule has 2 nitrogen and oxygen atoms in total. The molecule has 1 rings (SSSR count). The fourth-order valence-corrected chi connectivity index (χ4v) is 1.35. The van der Waals surface area contributed by atoms with Gasteiger partial charge in [-0.05, 0) is 45.5 Å². The lowest BCUT2D eigenvalue weighted by molar-refractivity contribution is -0.274. The van der Waals surface area contributed by atoms with E-state index in [0.29, 0.717) is 6.54 Å². The molecule has 1 aromatic rings. The van der Waals surface area contributed by atoms with E-state index in [1.807, 2.05) is 27.8 Å². The molecule has 0 aliphatic rings. The molecule has 0 amide bonds. The Labute approximate surface area is 105 Å². The van der Waals surface area contributed by atoms with Crippen LogP contribution in [0.25, 0.3) is 0 Å². The molecule has 18 heavy (non-hydrogen) atoms. The van der Waals surface area contributed by atoms with Gasteiger partial charge in [0.1, 0.15) is 5.75 Å². The highest BCUT2D eigenvalue weighted by molar-refractivity contribution is 5.28. The first kappa shape index (κ1) is 14.8. The van der Waals surface area contributed by atoms with Gasteiger partial charge in [0.05, 0.1) is 0 Å². The van der Waals surface area contributed by atoms with Crippen molar-refractivity contribution in [1.82, 2.24) is 4.90 Å². The van der Waals surface area contributed by atoms with Crippen molar-refractivity contribution in [1.29, 1.82) is 0 Å². The Morgan fingerprint density at radius 3 is 2.28 bits per heavy atom. The second-order valence-corrected chi connectivity index (χ2v) is 5.22. The third kappa shape index (κ3) is 4.96. The standard InChI is InChI=1S/C13H18F3NO/c1-12(2,3)17(4)9-10-6-5-7-11(8-10)18-13(14,15)16/h5-8H,9H2,1-4H3. The minimum absolute atomic E-state index is 0.0408. The van der Waals surface area contributed by atoms with E-state index in [1.165, 1.54) is 12.1 Å². The van der Waals surface area contributed by atoms with E-state index in [1.54, 1.807) is 12.1 Å². The van der Waals surface area contributed by atoms with Crippen molar-refractivity contribution >= 4 is 0 Å². The molecule has 0 aliphatic heterocycles. The van der Waals surface area contributed by atoms with E-state index in [-0.39, 0.29) is 11.3 Å². The zero-order valence-electron chi connectivity index (χ0n) is 11.0. The van der Waals surface area contributed by atoms with Gasteiger partial charge in [-0.2, -0.15) is 0 Å². The maximum absolute atomic E-state index is 12.1. The molecule has 0 aliphatic carbocycles. The van der Waals surface area contributed by atoms with Gasteiger partial charge in [-0.25, -0.2) is 0 Å². The second-order valence-electron chi connectivity index (χ2n) is 5.22. The number of rotatable bonds is 3. The zero-order chi connectivity index (χ0) is 14.0. The molecule has 1 aromatic carbocycles. The van der Waals surface area contributed by atoms with Gasteiger partial charge in [0.25, 0.3) is 0 Å². The minimum Gasteiger partial charge on any atom is -0.406 e. The fraction of sp³-hybridized carbons (Fsp3) is 0.538. The zero-order valence-corrected chi connectivity index (χ0v) is 11.0. The van der Waals surface area contributed by atoms with Crippen LogP contribution < -0.4 is 4.74 Å². The summed E-state index contributed by atoms with van der Waals surface area (Å²) >= 11 is 0. The van der Waals surface area contributed by atoms with Gasteiger partial charge >= 0.3 is 6.36 Å². The van der Waals surface area contributed by atoms with Crippen LogP contribution in [0.15, 0.2) is 24.3 Å². The Kier molecular flexibility index (Phi) is 4.27. The Bertz CT molecular complexity index is 396. The van der Waals surface area contributed by atoms with E-state index in [9.17, 15) is 13.2 Å². The predicted octanol–water partition coefficient (Wildman–Crippen LogP) is 3.82. The fourth-order valence-electron chi connectivity index (χ4n) is 1.35. The number of hydrogen-bond donors (Lipinski definition) is 0. The van der Waals surface area contributed by atoms with Crippen LogP contribution in [-0.2, 0) is 6.54 Å². The van der Waals surface area contributed by atoms with Crippen LogP contribution in [0.5, 0.6) is 5.75 Å². The summed E-state index contributed by atoms with van der Waals surface area (Å²) in [6, 6.07) is 6.06. The first-order valence-electron chi connectivity index (χ1n) is 5.64. The summed E-state index contributed by atoms with van der Waals surface area (Å²) in [5.74, 6) is -0.178. The number of nitrogens with zero attached hydrogens (tertiary/aromatic N) is 1. The molecule has 0 saturated heterocycles. The maximum Gasteiger partial charge on any atom is 0.573 e. The van der Waals surface area contributed by atoms with E-state index in [2.05, 4.69) is 9.64 Å². The number of ether oxygens (including phenoxy) is 1.